The van der Waals surface area contributed by atoms with Crippen LogP contribution < -0.4 is 10.6 Å². The van der Waals surface area contributed by atoms with E-state index >= 15 is 4.39 Å². The molecule has 0 bridgehead atoms. The van der Waals surface area contributed by atoms with Gasteiger partial charge >= 0.3 is 5.69 Å². The zero-order valence-electron chi connectivity index (χ0n) is 19.4. The minimum absolute atomic E-state index is 0.0932. The number of aryl methyl sites for hydroxylation is 2. The van der Waals surface area contributed by atoms with Crippen molar-refractivity contribution in [3.63, 3.8) is 0 Å². The quantitative estimate of drug-likeness (QED) is 0.439. The second kappa shape index (κ2) is 8.81. The van der Waals surface area contributed by atoms with Crippen LogP contribution in [0.4, 0.5) is 10.1 Å². The van der Waals surface area contributed by atoms with Crippen molar-refractivity contribution < 1.29 is 14.3 Å². The van der Waals surface area contributed by atoms with Gasteiger partial charge in [0.1, 0.15) is 18.1 Å². The lowest BCUT2D eigenvalue weighted by Crippen LogP contribution is -2.41. The number of pyridine rings is 1. The van der Waals surface area contributed by atoms with E-state index in [1.54, 1.807) is 6.92 Å². The van der Waals surface area contributed by atoms with Crippen molar-refractivity contribution >= 4 is 23.2 Å². The average Bonchev–Trinajstić information content (AvgIpc) is 3.09. The number of carbonyl (C=O) groups excluding carboxylic acids is 1. The molecular formula is C24H25ClFN5O3. The van der Waals surface area contributed by atoms with Gasteiger partial charge in [0.25, 0.3) is 5.91 Å². The van der Waals surface area contributed by atoms with E-state index in [1.165, 1.54) is 15.5 Å². The number of fused-ring (bicyclic) bond motifs is 1. The number of halogens is 2. The summed E-state index contributed by atoms with van der Waals surface area (Å²) >= 11 is 6.42. The maximum atomic E-state index is 15.3. The Morgan fingerprint density at radius 1 is 1.29 bits per heavy atom. The number of aliphatic hydroxyl groups is 1. The third-order valence-electron chi connectivity index (χ3n) is 6.09. The number of benzene rings is 1. The van der Waals surface area contributed by atoms with Gasteiger partial charge in [-0.2, -0.15) is 4.68 Å². The van der Waals surface area contributed by atoms with E-state index in [4.69, 9.17) is 11.6 Å². The van der Waals surface area contributed by atoms with E-state index in [0.717, 1.165) is 27.6 Å². The molecule has 0 saturated carbocycles. The van der Waals surface area contributed by atoms with Crippen LogP contribution in [0.15, 0.2) is 35.1 Å². The second-order valence-corrected chi connectivity index (χ2v) is 8.80. The topological polar surface area (TPSA) is 93.2 Å². The van der Waals surface area contributed by atoms with E-state index in [9.17, 15) is 14.7 Å². The minimum atomic E-state index is -0.786. The van der Waals surface area contributed by atoms with Crippen molar-refractivity contribution in [1.82, 2.24) is 19.3 Å². The summed E-state index contributed by atoms with van der Waals surface area (Å²) in [7, 11) is 0. The molecule has 0 unspecified atom stereocenters. The van der Waals surface area contributed by atoms with Gasteiger partial charge in [0.05, 0.1) is 5.69 Å². The van der Waals surface area contributed by atoms with Crippen LogP contribution in [0.5, 0.6) is 0 Å². The predicted octanol–water partition coefficient (Wildman–Crippen LogP) is 3.67. The van der Waals surface area contributed by atoms with Crippen LogP contribution in [0.3, 0.4) is 0 Å². The lowest BCUT2D eigenvalue weighted by molar-refractivity contribution is 0.0977. The van der Waals surface area contributed by atoms with Crippen molar-refractivity contribution in [2.75, 3.05) is 11.4 Å². The van der Waals surface area contributed by atoms with Crippen molar-refractivity contribution in [2.24, 2.45) is 0 Å². The van der Waals surface area contributed by atoms with Crippen molar-refractivity contribution in [3.05, 3.63) is 80.0 Å². The van der Waals surface area contributed by atoms with E-state index in [-0.39, 0.29) is 41.2 Å². The highest BCUT2D eigenvalue weighted by molar-refractivity contribution is 6.33. The van der Waals surface area contributed by atoms with E-state index in [0.29, 0.717) is 11.3 Å². The fraction of sp³-hybridized carbons (Fsp3) is 0.333. The number of aliphatic hydroxyl groups excluding tert-OH is 1. The van der Waals surface area contributed by atoms with Gasteiger partial charge in [-0.25, -0.2) is 14.2 Å². The number of carbonyl (C=O) groups is 1. The second-order valence-electron chi connectivity index (χ2n) is 8.44. The SMILES string of the molecule is C=C(C)[C@@H]1CN(c2c(C)cc(C)nc2Cl)C(=O)c2cc(F)c(-n3nc(CO)n(CC)c3=O)cc21. The number of aromatic nitrogens is 4. The highest BCUT2D eigenvalue weighted by Gasteiger charge is 2.36. The molecule has 0 aliphatic carbocycles. The summed E-state index contributed by atoms with van der Waals surface area (Å²) in [6.45, 7) is 11.3. The third-order valence-corrected chi connectivity index (χ3v) is 6.36. The summed E-state index contributed by atoms with van der Waals surface area (Å²) in [5.41, 5.74) is 2.77. The normalized spacial score (nSPS) is 15.6. The molecule has 0 saturated heterocycles. The molecule has 3 aromatic rings. The maximum Gasteiger partial charge on any atom is 0.350 e. The molecule has 10 heteroatoms. The molecule has 178 valence electrons. The largest absolute Gasteiger partial charge is 0.388 e. The van der Waals surface area contributed by atoms with Gasteiger partial charge in [-0.3, -0.25) is 9.36 Å². The number of anilines is 1. The van der Waals surface area contributed by atoms with Crippen LogP contribution in [-0.4, -0.2) is 36.9 Å². The van der Waals surface area contributed by atoms with Gasteiger partial charge in [-0.15, -0.1) is 5.10 Å². The highest BCUT2D eigenvalue weighted by atomic mass is 35.5. The van der Waals surface area contributed by atoms with Gasteiger partial charge in [0, 0.05) is 30.3 Å². The molecule has 1 amide bonds. The Balaban J connectivity index is 1.91. The van der Waals surface area contributed by atoms with E-state index in [1.807, 2.05) is 26.8 Å². The van der Waals surface area contributed by atoms with Crippen molar-refractivity contribution in [3.8, 4) is 5.69 Å². The van der Waals surface area contributed by atoms with E-state index in [2.05, 4.69) is 16.7 Å². The van der Waals surface area contributed by atoms with Crippen molar-refractivity contribution in [2.45, 2.75) is 46.8 Å². The molecule has 4 rings (SSSR count). The molecule has 3 heterocycles. The van der Waals surface area contributed by atoms with Crippen molar-refractivity contribution in [1.29, 1.82) is 0 Å². The Morgan fingerprint density at radius 3 is 2.56 bits per heavy atom. The van der Waals surface area contributed by atoms with Crippen LogP contribution >= 0.6 is 11.6 Å². The number of hydrogen-bond acceptors (Lipinski definition) is 5. The Hall–Kier alpha value is -3.30. The lowest BCUT2D eigenvalue weighted by Gasteiger charge is -2.36. The molecule has 0 radical (unpaired) electrons. The first kappa shape index (κ1) is 23.8. The number of hydrogen-bond donors (Lipinski definition) is 1. The molecule has 1 aromatic carbocycles. The van der Waals surface area contributed by atoms with Crippen LogP contribution in [-0.2, 0) is 13.2 Å². The number of nitrogens with zero attached hydrogens (tertiary/aromatic N) is 5. The fourth-order valence-corrected chi connectivity index (χ4v) is 4.86. The Labute approximate surface area is 200 Å². The zero-order chi connectivity index (χ0) is 24.9. The standard InChI is InChI=1S/C24H25ClFN5O3/c1-6-29-20(11-32)28-31(24(29)34)19-9-15-16(8-18(19)26)23(33)30(10-17(15)12(2)3)21-13(4)7-14(5)27-22(21)25/h7-9,17,32H,2,6,10-11H2,1,3-5H3/t17-/m0/s1. The third kappa shape index (κ3) is 3.74. The first-order valence-electron chi connectivity index (χ1n) is 10.8. The molecular weight excluding hydrogens is 461 g/mol. The summed E-state index contributed by atoms with van der Waals surface area (Å²) in [5.74, 6) is -1.42. The molecule has 1 aliphatic heterocycles. The predicted molar refractivity (Wildman–Crippen MR) is 127 cm³/mol. The summed E-state index contributed by atoms with van der Waals surface area (Å²) in [6, 6.07) is 4.42. The summed E-state index contributed by atoms with van der Waals surface area (Å²) in [6.07, 6.45) is 0. The van der Waals surface area contributed by atoms with Crippen LogP contribution in [0.25, 0.3) is 5.69 Å². The molecule has 8 nitrogen and oxygen atoms in total. The summed E-state index contributed by atoms with van der Waals surface area (Å²) < 4.78 is 17.5. The monoisotopic (exact) mass is 485 g/mol. The lowest BCUT2D eigenvalue weighted by atomic mass is 9.84. The van der Waals surface area contributed by atoms with Crippen LogP contribution in [0, 0.1) is 19.7 Å². The Bertz CT molecular complexity index is 1370. The van der Waals surface area contributed by atoms with Gasteiger partial charge in [-0.05, 0) is 57.0 Å². The summed E-state index contributed by atoms with van der Waals surface area (Å²) in [4.78, 5) is 32.1. The van der Waals surface area contributed by atoms with Crippen LogP contribution in [0.2, 0.25) is 5.15 Å². The highest BCUT2D eigenvalue weighted by Crippen LogP contribution is 2.39. The Kier molecular flexibility index (Phi) is 6.18. The molecule has 34 heavy (non-hydrogen) atoms. The molecule has 1 aliphatic rings. The maximum absolute atomic E-state index is 15.3. The van der Waals surface area contributed by atoms with Gasteiger partial charge in [0.2, 0.25) is 0 Å². The first-order chi connectivity index (χ1) is 16.1. The summed E-state index contributed by atoms with van der Waals surface area (Å²) in [5, 5.41) is 13.8. The molecule has 0 fully saturated rings. The number of rotatable bonds is 5. The van der Waals surface area contributed by atoms with E-state index < -0.39 is 24.0 Å². The zero-order valence-corrected chi connectivity index (χ0v) is 20.1. The molecule has 2 aromatic heterocycles. The number of amides is 1. The average molecular weight is 486 g/mol. The fourth-order valence-electron chi connectivity index (χ4n) is 4.47. The first-order valence-corrected chi connectivity index (χ1v) is 11.2. The molecule has 0 spiro atoms. The smallest absolute Gasteiger partial charge is 0.350 e. The van der Waals surface area contributed by atoms with Gasteiger partial charge in [0.15, 0.2) is 11.0 Å². The van der Waals surface area contributed by atoms with Gasteiger partial charge in [-0.1, -0.05) is 23.8 Å². The Morgan fingerprint density at radius 2 is 2.00 bits per heavy atom. The molecule has 1 N–H and O–H groups in total. The van der Waals surface area contributed by atoms with Crippen LogP contribution in [0.1, 0.15) is 52.8 Å². The minimum Gasteiger partial charge on any atom is -0.388 e. The van der Waals surface area contributed by atoms with Gasteiger partial charge < -0.3 is 10.0 Å². The molecule has 1 atom stereocenters.